The molecule has 8 heteroatoms. The minimum atomic E-state index is -4.66. The van der Waals surface area contributed by atoms with E-state index in [9.17, 15) is 18.0 Å². The van der Waals surface area contributed by atoms with Gasteiger partial charge in [0.25, 0.3) is 0 Å². The van der Waals surface area contributed by atoms with E-state index in [0.29, 0.717) is 0 Å². The molecule has 1 rings (SSSR count). The number of rotatable bonds is 3. The van der Waals surface area contributed by atoms with Gasteiger partial charge in [-0.1, -0.05) is 11.6 Å². The van der Waals surface area contributed by atoms with E-state index in [-0.39, 0.29) is 23.6 Å². The molecule has 0 atom stereocenters. The van der Waals surface area contributed by atoms with Crippen LogP contribution >= 0.6 is 11.6 Å². The molecule has 1 aromatic heterocycles. The highest BCUT2D eigenvalue weighted by Gasteiger charge is 2.35. The number of aromatic nitrogens is 2. The van der Waals surface area contributed by atoms with Crippen LogP contribution in [0.25, 0.3) is 0 Å². The van der Waals surface area contributed by atoms with Crippen molar-refractivity contribution in [1.29, 1.82) is 0 Å². The van der Waals surface area contributed by atoms with Crippen molar-refractivity contribution in [3.05, 3.63) is 22.7 Å². The minimum Gasteiger partial charge on any atom is -0.481 e. The highest BCUT2D eigenvalue weighted by molar-refractivity contribution is 6.30. The van der Waals surface area contributed by atoms with Crippen LogP contribution in [0.15, 0.2) is 6.20 Å². The molecule has 0 saturated heterocycles. The summed E-state index contributed by atoms with van der Waals surface area (Å²) < 4.78 is 36.4. The summed E-state index contributed by atoms with van der Waals surface area (Å²) in [6.07, 6.45) is -4.02. The number of aryl methyl sites for hydroxylation is 1. The first kappa shape index (κ1) is 12.7. The molecule has 16 heavy (non-hydrogen) atoms. The summed E-state index contributed by atoms with van der Waals surface area (Å²) in [6, 6.07) is 0. The van der Waals surface area contributed by atoms with Gasteiger partial charge in [-0.25, -0.2) is 9.97 Å². The average molecular weight is 255 g/mol. The number of nitrogens with zero attached hydrogens (tertiary/aromatic N) is 2. The molecular formula is C8H6ClF3N2O2. The van der Waals surface area contributed by atoms with Gasteiger partial charge in [0, 0.05) is 18.2 Å². The smallest absolute Gasteiger partial charge is 0.451 e. The summed E-state index contributed by atoms with van der Waals surface area (Å²) in [5, 5.41) is 8.01. The van der Waals surface area contributed by atoms with Crippen molar-refractivity contribution in [2.45, 2.75) is 19.0 Å². The molecule has 0 aliphatic carbocycles. The number of alkyl halides is 3. The van der Waals surface area contributed by atoms with Crippen LogP contribution in [-0.4, -0.2) is 21.0 Å². The lowest BCUT2D eigenvalue weighted by Crippen LogP contribution is -2.12. The van der Waals surface area contributed by atoms with E-state index >= 15 is 0 Å². The average Bonchev–Trinajstić information content (AvgIpc) is 2.14. The largest absolute Gasteiger partial charge is 0.481 e. The van der Waals surface area contributed by atoms with Crippen LogP contribution in [0.2, 0.25) is 5.15 Å². The Bertz CT molecular complexity index is 409. The maximum absolute atomic E-state index is 12.1. The molecule has 0 aliphatic heterocycles. The highest BCUT2D eigenvalue weighted by Crippen LogP contribution is 2.27. The molecular weight excluding hydrogens is 249 g/mol. The highest BCUT2D eigenvalue weighted by atomic mass is 35.5. The Labute approximate surface area is 93.1 Å². The summed E-state index contributed by atoms with van der Waals surface area (Å²) >= 11 is 5.47. The minimum absolute atomic E-state index is 0.00764. The number of hydrogen-bond acceptors (Lipinski definition) is 3. The Morgan fingerprint density at radius 2 is 2.12 bits per heavy atom. The first-order chi connectivity index (χ1) is 7.30. The SMILES string of the molecule is O=C(O)CCc1cnc(C(F)(F)F)nc1Cl. The van der Waals surface area contributed by atoms with Gasteiger partial charge in [-0.05, 0) is 6.42 Å². The lowest BCUT2D eigenvalue weighted by atomic mass is 10.2. The number of halogens is 4. The summed E-state index contributed by atoms with van der Waals surface area (Å²) in [7, 11) is 0. The van der Waals surface area contributed by atoms with E-state index in [1.165, 1.54) is 0 Å². The molecule has 0 aliphatic rings. The second-order valence-electron chi connectivity index (χ2n) is 2.90. The Kier molecular flexibility index (Phi) is 3.69. The first-order valence-electron chi connectivity index (χ1n) is 4.11. The molecule has 1 heterocycles. The quantitative estimate of drug-likeness (QED) is 0.840. The molecule has 0 aromatic carbocycles. The van der Waals surface area contributed by atoms with E-state index in [2.05, 4.69) is 9.97 Å². The predicted molar refractivity (Wildman–Crippen MR) is 48.0 cm³/mol. The van der Waals surface area contributed by atoms with Gasteiger partial charge in [-0.3, -0.25) is 4.79 Å². The Morgan fingerprint density at radius 3 is 2.56 bits per heavy atom. The van der Waals surface area contributed by atoms with Crippen molar-refractivity contribution < 1.29 is 23.1 Å². The van der Waals surface area contributed by atoms with Crippen molar-refractivity contribution >= 4 is 17.6 Å². The Hall–Kier alpha value is -1.37. The number of carboxylic acid groups (broad SMARTS) is 1. The maximum Gasteiger partial charge on any atom is 0.451 e. The van der Waals surface area contributed by atoms with Gasteiger partial charge in [0.2, 0.25) is 5.82 Å². The van der Waals surface area contributed by atoms with Crippen molar-refractivity contribution in [3.8, 4) is 0 Å². The fourth-order valence-corrected chi connectivity index (χ4v) is 1.16. The second-order valence-corrected chi connectivity index (χ2v) is 3.26. The number of carbonyl (C=O) groups is 1. The molecule has 1 N–H and O–H groups in total. The molecule has 0 fully saturated rings. The zero-order chi connectivity index (χ0) is 12.3. The lowest BCUT2D eigenvalue weighted by Gasteiger charge is -2.06. The fraction of sp³-hybridized carbons (Fsp3) is 0.375. The van der Waals surface area contributed by atoms with Gasteiger partial charge in [-0.15, -0.1) is 0 Å². The predicted octanol–water partition coefficient (Wildman–Crippen LogP) is 2.17. The summed E-state index contributed by atoms with van der Waals surface area (Å²) in [5.74, 6) is -2.41. The van der Waals surface area contributed by atoms with E-state index in [4.69, 9.17) is 16.7 Å². The Balaban J connectivity index is 2.88. The van der Waals surface area contributed by atoms with Crippen LogP contribution in [0.5, 0.6) is 0 Å². The molecule has 0 bridgehead atoms. The topological polar surface area (TPSA) is 63.1 Å². The number of aliphatic carboxylic acids is 1. The monoisotopic (exact) mass is 254 g/mol. The molecule has 0 amide bonds. The van der Waals surface area contributed by atoms with Crippen LogP contribution in [0.4, 0.5) is 13.2 Å². The van der Waals surface area contributed by atoms with Gasteiger partial charge in [0.05, 0.1) is 0 Å². The fourth-order valence-electron chi connectivity index (χ4n) is 0.932. The second kappa shape index (κ2) is 4.65. The van der Waals surface area contributed by atoms with E-state index in [1.54, 1.807) is 0 Å². The maximum atomic E-state index is 12.1. The summed E-state index contributed by atoms with van der Waals surface area (Å²) in [6.45, 7) is 0. The van der Waals surface area contributed by atoms with E-state index in [0.717, 1.165) is 6.20 Å². The number of carboxylic acids is 1. The van der Waals surface area contributed by atoms with Gasteiger partial charge in [0.1, 0.15) is 5.15 Å². The van der Waals surface area contributed by atoms with Gasteiger partial charge in [-0.2, -0.15) is 13.2 Å². The molecule has 4 nitrogen and oxygen atoms in total. The third kappa shape index (κ3) is 3.34. The van der Waals surface area contributed by atoms with Gasteiger partial charge >= 0.3 is 12.1 Å². The molecule has 88 valence electrons. The zero-order valence-corrected chi connectivity index (χ0v) is 8.51. The molecule has 0 spiro atoms. The lowest BCUT2D eigenvalue weighted by molar-refractivity contribution is -0.145. The van der Waals surface area contributed by atoms with Crippen LogP contribution in [0, 0.1) is 0 Å². The van der Waals surface area contributed by atoms with Crippen molar-refractivity contribution in [3.63, 3.8) is 0 Å². The van der Waals surface area contributed by atoms with E-state index in [1.807, 2.05) is 0 Å². The van der Waals surface area contributed by atoms with Crippen LogP contribution in [0.3, 0.4) is 0 Å². The summed E-state index contributed by atoms with van der Waals surface area (Å²) in [5.41, 5.74) is 0.178. The van der Waals surface area contributed by atoms with Crippen molar-refractivity contribution in [2.75, 3.05) is 0 Å². The van der Waals surface area contributed by atoms with Gasteiger partial charge < -0.3 is 5.11 Å². The van der Waals surface area contributed by atoms with Gasteiger partial charge in [0.15, 0.2) is 0 Å². The molecule has 0 saturated carbocycles. The molecule has 0 unspecified atom stereocenters. The van der Waals surface area contributed by atoms with Crippen LogP contribution in [-0.2, 0) is 17.4 Å². The third-order valence-electron chi connectivity index (χ3n) is 1.67. The van der Waals surface area contributed by atoms with Crippen molar-refractivity contribution in [1.82, 2.24) is 9.97 Å². The Morgan fingerprint density at radius 1 is 1.50 bits per heavy atom. The molecule has 0 radical (unpaired) electrons. The van der Waals surface area contributed by atoms with Crippen molar-refractivity contribution in [2.24, 2.45) is 0 Å². The van der Waals surface area contributed by atoms with Crippen LogP contribution in [0.1, 0.15) is 17.8 Å². The standard InChI is InChI=1S/C8H6ClF3N2O2/c9-6-4(1-2-5(15)16)3-13-7(14-6)8(10,11)12/h3H,1-2H2,(H,15,16). The zero-order valence-electron chi connectivity index (χ0n) is 7.75. The first-order valence-corrected chi connectivity index (χ1v) is 4.49. The molecule has 1 aromatic rings. The normalized spacial score (nSPS) is 11.5. The third-order valence-corrected chi connectivity index (χ3v) is 2.00. The van der Waals surface area contributed by atoms with Crippen LogP contribution < -0.4 is 0 Å². The van der Waals surface area contributed by atoms with E-state index < -0.39 is 18.0 Å². The number of hydrogen-bond donors (Lipinski definition) is 1. The summed E-state index contributed by atoms with van der Waals surface area (Å²) in [4.78, 5) is 16.4.